The van der Waals surface area contributed by atoms with E-state index >= 15 is 0 Å². The van der Waals surface area contributed by atoms with Crippen LogP contribution in [0.25, 0.3) is 0 Å². The maximum absolute atomic E-state index is 10.4. The number of cyclic esters (lactones) is 2. The van der Waals surface area contributed by atoms with Gasteiger partial charge in [0.15, 0.2) is 0 Å². The third-order valence-electron chi connectivity index (χ3n) is 0.994. The third-order valence-corrected chi connectivity index (χ3v) is 1.69. The highest BCUT2D eigenvalue weighted by Gasteiger charge is 2.39. The molecule has 0 aliphatic carbocycles. The largest absolute Gasteiger partial charge is 0.750 e. The summed E-state index contributed by atoms with van der Waals surface area (Å²) in [6.45, 7) is 0. The molecule has 0 radical (unpaired) electrons. The van der Waals surface area contributed by atoms with Crippen molar-refractivity contribution in [2.45, 2.75) is 12.6 Å². The van der Waals surface area contributed by atoms with Crippen LogP contribution in [-0.2, 0) is 40.6 Å². The lowest BCUT2D eigenvalue weighted by Crippen LogP contribution is -2.29. The predicted octanol–water partition coefficient (Wildman–Crippen LogP) is -1.57. The van der Waals surface area contributed by atoms with Crippen LogP contribution in [0.4, 0.5) is 4.79 Å². The van der Waals surface area contributed by atoms with Gasteiger partial charge in [0, 0.05) is 0 Å². The van der Waals surface area contributed by atoms with Crippen molar-refractivity contribution in [3.63, 3.8) is 0 Å². The highest BCUT2D eigenvalue weighted by atomic mass is 32.2. The molecular weight excluding hydrogens is 244 g/mol. The average Bonchev–Trinajstić information content (AvgIpc) is 2.28. The third kappa shape index (κ3) is 3.28. The second-order valence-electron chi connectivity index (χ2n) is 1.82. The monoisotopic (exact) mass is 246 g/mol. The molecule has 1 fully saturated rings. The molecule has 1 aliphatic heterocycles. The van der Waals surface area contributed by atoms with Gasteiger partial charge in [0.25, 0.3) is 12.6 Å². The molecule has 1 aliphatic rings. The molecule has 0 bridgehead atoms. The summed E-state index contributed by atoms with van der Waals surface area (Å²) >= 11 is -5.99. The Kier molecular flexibility index (Phi) is 3.91. The van der Waals surface area contributed by atoms with E-state index in [4.69, 9.17) is 0 Å². The molecule has 0 amide bonds. The molecule has 11 heteroatoms. The minimum Gasteiger partial charge on any atom is -0.750 e. The fraction of sp³-hybridized carbons (Fsp3) is 0.667. The van der Waals surface area contributed by atoms with Gasteiger partial charge in [-0.1, -0.05) is 0 Å². The van der Waals surface area contributed by atoms with Gasteiger partial charge in [-0.05, 0) is 0 Å². The van der Waals surface area contributed by atoms with Gasteiger partial charge in [-0.2, -0.15) is 0 Å². The zero-order valence-electron chi connectivity index (χ0n) is 6.15. The first-order valence-corrected chi connectivity index (χ1v) is 4.89. The van der Waals surface area contributed by atoms with Crippen LogP contribution < -0.4 is 0 Å². The number of hydrogen-bond acceptors (Lipinski definition) is 9. The molecule has 1 heterocycles. The highest BCUT2D eigenvalue weighted by Crippen LogP contribution is 2.18. The summed E-state index contributed by atoms with van der Waals surface area (Å²) in [6.07, 6.45) is -4.83. The fourth-order valence-corrected chi connectivity index (χ4v) is 1.18. The summed E-state index contributed by atoms with van der Waals surface area (Å²) in [4.78, 5) is 10.4. The molecule has 14 heavy (non-hydrogen) atoms. The first kappa shape index (κ1) is 11.5. The van der Waals surface area contributed by atoms with Crippen LogP contribution in [-0.4, -0.2) is 36.3 Å². The van der Waals surface area contributed by atoms with Gasteiger partial charge >= 0.3 is 6.16 Å². The molecule has 9 nitrogen and oxygen atoms in total. The van der Waals surface area contributed by atoms with E-state index in [9.17, 15) is 22.3 Å². The van der Waals surface area contributed by atoms with Gasteiger partial charge < -0.3 is 18.6 Å². The molecule has 4 unspecified atom stereocenters. The maximum atomic E-state index is 10.4. The quantitative estimate of drug-likeness (QED) is 0.425. The van der Waals surface area contributed by atoms with Crippen molar-refractivity contribution >= 4 is 28.9 Å². The van der Waals surface area contributed by atoms with Gasteiger partial charge in [0.2, 0.25) is 0 Å². The second-order valence-corrected chi connectivity index (χ2v) is 3.02. The summed E-state index contributed by atoms with van der Waals surface area (Å²) in [6, 6.07) is 0. The van der Waals surface area contributed by atoms with Crippen molar-refractivity contribution in [2.24, 2.45) is 0 Å². The van der Waals surface area contributed by atoms with E-state index < -0.39 is 41.5 Å². The van der Waals surface area contributed by atoms with Crippen molar-refractivity contribution in [1.82, 2.24) is 0 Å². The number of carbonyl (C=O) groups is 1. The van der Waals surface area contributed by atoms with Crippen LogP contribution in [0.1, 0.15) is 0 Å². The Bertz CT molecular complexity index is 249. The summed E-state index contributed by atoms with van der Waals surface area (Å²) < 4.78 is 56.2. The molecule has 0 aromatic carbocycles. The normalized spacial score (nSPS) is 30.6. The van der Waals surface area contributed by atoms with E-state index in [1.165, 1.54) is 0 Å². The van der Waals surface area contributed by atoms with Gasteiger partial charge in [-0.15, -0.1) is 0 Å². The van der Waals surface area contributed by atoms with Crippen molar-refractivity contribution in [3.05, 3.63) is 0 Å². The molecule has 0 N–H and O–H groups in total. The number of carbonyl (C=O) groups excluding carboxylic acids is 1. The lowest BCUT2D eigenvalue weighted by atomic mass is 10.6. The molecule has 0 aromatic heterocycles. The van der Waals surface area contributed by atoms with E-state index in [0.717, 1.165) is 0 Å². The minimum atomic E-state index is -2.99. The Labute approximate surface area is 82.3 Å². The summed E-state index contributed by atoms with van der Waals surface area (Å²) in [5.41, 5.74) is 0. The summed E-state index contributed by atoms with van der Waals surface area (Å²) in [5.74, 6) is 0. The van der Waals surface area contributed by atoms with Crippen LogP contribution in [0.5, 0.6) is 0 Å². The second kappa shape index (κ2) is 4.77. The van der Waals surface area contributed by atoms with Crippen molar-refractivity contribution in [2.75, 3.05) is 0 Å². The zero-order valence-corrected chi connectivity index (χ0v) is 7.78. The first-order chi connectivity index (χ1) is 6.49. The van der Waals surface area contributed by atoms with E-state index in [-0.39, 0.29) is 0 Å². The number of rotatable bonds is 4. The smallest absolute Gasteiger partial charge is 0.513 e. The van der Waals surface area contributed by atoms with E-state index in [1.54, 1.807) is 0 Å². The maximum Gasteiger partial charge on any atom is 0.513 e. The van der Waals surface area contributed by atoms with Gasteiger partial charge in [0.1, 0.15) is 0 Å². The van der Waals surface area contributed by atoms with Crippen LogP contribution >= 0.6 is 0 Å². The molecule has 0 saturated carbocycles. The lowest BCUT2D eigenvalue weighted by molar-refractivity contribution is -0.0998. The molecule has 0 spiro atoms. The van der Waals surface area contributed by atoms with Crippen LogP contribution in [0.2, 0.25) is 0 Å². The van der Waals surface area contributed by atoms with E-state index in [0.29, 0.717) is 0 Å². The summed E-state index contributed by atoms with van der Waals surface area (Å²) in [5, 5.41) is 0. The Morgan fingerprint density at radius 1 is 1.07 bits per heavy atom. The molecule has 1 saturated heterocycles. The zero-order chi connectivity index (χ0) is 10.7. The lowest BCUT2D eigenvalue weighted by Gasteiger charge is -2.16. The van der Waals surface area contributed by atoms with Gasteiger partial charge in [-0.3, -0.25) is 8.37 Å². The van der Waals surface area contributed by atoms with Crippen molar-refractivity contribution in [1.29, 1.82) is 0 Å². The van der Waals surface area contributed by atoms with E-state index in [2.05, 4.69) is 17.8 Å². The highest BCUT2D eigenvalue weighted by molar-refractivity contribution is 7.74. The van der Waals surface area contributed by atoms with Crippen LogP contribution in [0, 0.1) is 0 Å². The molecule has 82 valence electrons. The van der Waals surface area contributed by atoms with Gasteiger partial charge in [0.05, 0.1) is 22.7 Å². The fourth-order valence-electron chi connectivity index (χ4n) is 0.613. The first-order valence-electron chi connectivity index (χ1n) is 2.89. The standard InChI is InChI=1S/C3H4O9S2/c4-3-9-1(11-13(5)6)2(10-3)12-14(7)8/h1-2H,(H,5,6)(H,7,8)/p-2. The Hall–Kier alpha value is -0.590. The minimum absolute atomic E-state index is 1.30. The Balaban J connectivity index is 2.57. The topological polar surface area (TPSA) is 134 Å². The van der Waals surface area contributed by atoms with Crippen LogP contribution in [0.15, 0.2) is 0 Å². The average molecular weight is 246 g/mol. The number of hydrogen-bond donors (Lipinski definition) is 0. The van der Waals surface area contributed by atoms with Gasteiger partial charge in [-0.25, -0.2) is 13.2 Å². The summed E-state index contributed by atoms with van der Waals surface area (Å²) in [7, 11) is 0. The van der Waals surface area contributed by atoms with E-state index in [1.807, 2.05) is 0 Å². The van der Waals surface area contributed by atoms with Crippen LogP contribution in [0.3, 0.4) is 0 Å². The predicted molar refractivity (Wildman–Crippen MR) is 35.2 cm³/mol. The molecule has 4 atom stereocenters. The molecular formula is C3H2O9S2-2. The molecule has 1 rings (SSSR count). The Morgan fingerprint density at radius 3 is 1.71 bits per heavy atom. The number of ether oxygens (including phenoxy) is 2. The van der Waals surface area contributed by atoms with Crippen molar-refractivity contribution < 1.29 is 40.2 Å². The van der Waals surface area contributed by atoms with Crippen molar-refractivity contribution in [3.8, 4) is 0 Å². The Morgan fingerprint density at radius 2 is 1.43 bits per heavy atom. The SMILES string of the molecule is O=C1OC(OS(=O)[O-])C(OS(=O)[O-])O1. The molecule has 0 aromatic rings.